The molecule has 2 aromatic heterocycles. The molecule has 7 aromatic carbocycles. The highest BCUT2D eigenvalue weighted by Crippen LogP contribution is 2.43. The molecule has 0 atom stereocenters. The van der Waals surface area contributed by atoms with Gasteiger partial charge in [-0.05, 0) is 76.9 Å². The maximum Gasteiger partial charge on any atom is 0.137 e. The first-order valence-electron chi connectivity index (χ1n) is 15.7. The van der Waals surface area contributed by atoms with E-state index in [9.17, 15) is 0 Å². The van der Waals surface area contributed by atoms with Crippen LogP contribution in [0.1, 0.15) is 0 Å². The van der Waals surface area contributed by atoms with Crippen molar-refractivity contribution in [1.82, 2.24) is 4.98 Å². The van der Waals surface area contributed by atoms with Gasteiger partial charge in [0.05, 0.1) is 10.2 Å². The zero-order valence-corrected chi connectivity index (χ0v) is 26.2. The predicted molar refractivity (Wildman–Crippen MR) is 198 cm³/mol. The fraction of sp³-hybridized carbons (Fsp3) is 0. The number of rotatable bonds is 6. The summed E-state index contributed by atoms with van der Waals surface area (Å²) in [6.07, 6.45) is 0. The average Bonchev–Trinajstić information content (AvgIpc) is 3.75. The largest absolute Gasteiger partial charge is 0.456 e. The Kier molecular flexibility index (Phi) is 6.65. The molecule has 0 unspecified atom stereocenters. The third kappa shape index (κ3) is 4.87. The Morgan fingerprint density at radius 3 is 1.72 bits per heavy atom. The molecule has 2 heterocycles. The van der Waals surface area contributed by atoms with Crippen LogP contribution in [-0.2, 0) is 0 Å². The quantitative estimate of drug-likeness (QED) is 0.185. The van der Waals surface area contributed by atoms with Crippen molar-refractivity contribution in [3.05, 3.63) is 170 Å². The fourth-order valence-electron chi connectivity index (χ4n) is 6.50. The van der Waals surface area contributed by atoms with Crippen LogP contribution in [0.3, 0.4) is 0 Å². The first-order chi connectivity index (χ1) is 23.3. The SMILES string of the molecule is c1ccc(-c2nc3ccc4oc5ccc(N(c6ccccc6)c6ccc(-c7ccccc7-c7ccccc7)cc6)cc5c4c3s2)cc1. The van der Waals surface area contributed by atoms with Crippen LogP contribution >= 0.6 is 11.3 Å². The molecule has 3 nitrogen and oxygen atoms in total. The van der Waals surface area contributed by atoms with Crippen molar-refractivity contribution < 1.29 is 4.42 Å². The lowest BCUT2D eigenvalue weighted by Crippen LogP contribution is -2.09. The topological polar surface area (TPSA) is 29.3 Å². The highest BCUT2D eigenvalue weighted by molar-refractivity contribution is 7.22. The van der Waals surface area contributed by atoms with Crippen LogP contribution in [-0.4, -0.2) is 4.98 Å². The molecular weight excluding hydrogens is 593 g/mol. The molecule has 222 valence electrons. The maximum atomic E-state index is 6.39. The molecule has 9 rings (SSSR count). The van der Waals surface area contributed by atoms with Gasteiger partial charge in [0.15, 0.2) is 0 Å². The van der Waals surface area contributed by atoms with Gasteiger partial charge in [-0.3, -0.25) is 0 Å². The summed E-state index contributed by atoms with van der Waals surface area (Å²) in [5.41, 5.74) is 11.9. The van der Waals surface area contributed by atoms with E-state index >= 15 is 0 Å². The van der Waals surface area contributed by atoms with Crippen LogP contribution in [0, 0.1) is 0 Å². The molecule has 0 aliphatic rings. The fourth-order valence-corrected chi connectivity index (χ4v) is 7.62. The Labute approximate surface area is 276 Å². The summed E-state index contributed by atoms with van der Waals surface area (Å²) in [5.74, 6) is 0. The average molecular weight is 621 g/mol. The zero-order chi connectivity index (χ0) is 31.2. The van der Waals surface area contributed by atoms with E-state index < -0.39 is 0 Å². The van der Waals surface area contributed by atoms with E-state index in [2.05, 4.69) is 163 Å². The lowest BCUT2D eigenvalue weighted by Gasteiger charge is -2.26. The molecule has 0 saturated heterocycles. The normalized spacial score (nSPS) is 11.4. The van der Waals surface area contributed by atoms with Crippen molar-refractivity contribution in [2.45, 2.75) is 0 Å². The Balaban J connectivity index is 1.17. The Hall–Kier alpha value is -5.97. The van der Waals surface area contributed by atoms with E-state index in [1.165, 1.54) is 22.3 Å². The van der Waals surface area contributed by atoms with Gasteiger partial charge >= 0.3 is 0 Å². The standard InChI is InChI=1S/C43H28N2OS/c1-4-12-29(13-5-1)35-18-10-11-19-36(35)30-20-22-33(23-21-30)45(32-16-8-3-9-17-32)34-24-26-39-37(28-34)41-40(46-39)27-25-38-42(41)47-43(44-38)31-14-6-2-7-15-31/h1-28H. The van der Waals surface area contributed by atoms with Crippen molar-refractivity contribution in [1.29, 1.82) is 0 Å². The van der Waals surface area contributed by atoms with Gasteiger partial charge in [-0.1, -0.05) is 115 Å². The second-order valence-electron chi connectivity index (χ2n) is 11.6. The third-order valence-corrected chi connectivity index (χ3v) is 9.85. The number of hydrogen-bond acceptors (Lipinski definition) is 4. The highest BCUT2D eigenvalue weighted by Gasteiger charge is 2.19. The second-order valence-corrected chi connectivity index (χ2v) is 12.6. The third-order valence-electron chi connectivity index (χ3n) is 8.71. The van der Waals surface area contributed by atoms with Gasteiger partial charge in [0.1, 0.15) is 16.2 Å². The summed E-state index contributed by atoms with van der Waals surface area (Å²) in [6, 6.07) is 59.6. The van der Waals surface area contributed by atoms with Gasteiger partial charge in [0.25, 0.3) is 0 Å². The van der Waals surface area contributed by atoms with E-state index in [0.29, 0.717) is 0 Å². The van der Waals surface area contributed by atoms with Crippen LogP contribution in [0.25, 0.3) is 65.0 Å². The van der Waals surface area contributed by atoms with Crippen molar-refractivity contribution >= 4 is 60.6 Å². The summed E-state index contributed by atoms with van der Waals surface area (Å²) >= 11 is 1.72. The Bertz CT molecular complexity index is 2500. The number of para-hydroxylation sites is 1. The summed E-state index contributed by atoms with van der Waals surface area (Å²) in [4.78, 5) is 7.31. The molecule has 4 heteroatoms. The molecule has 0 amide bonds. The number of fused-ring (bicyclic) bond motifs is 5. The van der Waals surface area contributed by atoms with Crippen molar-refractivity contribution in [3.8, 4) is 32.8 Å². The van der Waals surface area contributed by atoms with Crippen molar-refractivity contribution in [3.63, 3.8) is 0 Å². The van der Waals surface area contributed by atoms with Gasteiger partial charge < -0.3 is 9.32 Å². The molecule has 0 spiro atoms. The minimum Gasteiger partial charge on any atom is -0.456 e. The molecule has 0 aliphatic carbocycles. The molecule has 0 bridgehead atoms. The number of aromatic nitrogens is 1. The Morgan fingerprint density at radius 1 is 0.468 bits per heavy atom. The number of furan rings is 1. The van der Waals surface area contributed by atoms with Crippen LogP contribution in [0.2, 0.25) is 0 Å². The van der Waals surface area contributed by atoms with Crippen LogP contribution < -0.4 is 4.90 Å². The lowest BCUT2D eigenvalue weighted by molar-refractivity contribution is 0.669. The molecule has 0 radical (unpaired) electrons. The number of anilines is 3. The zero-order valence-electron chi connectivity index (χ0n) is 25.4. The maximum absolute atomic E-state index is 6.39. The Morgan fingerprint density at radius 2 is 1.02 bits per heavy atom. The van der Waals surface area contributed by atoms with Gasteiger partial charge in [-0.15, -0.1) is 11.3 Å². The monoisotopic (exact) mass is 620 g/mol. The summed E-state index contributed by atoms with van der Waals surface area (Å²) < 4.78 is 7.54. The van der Waals surface area contributed by atoms with E-state index in [4.69, 9.17) is 9.40 Å². The molecule has 9 aromatic rings. The molecule has 47 heavy (non-hydrogen) atoms. The minimum absolute atomic E-state index is 0.867. The number of nitrogens with zero attached hydrogens (tertiary/aromatic N) is 2. The van der Waals surface area contributed by atoms with E-state index in [0.717, 1.165) is 59.8 Å². The molecular formula is C43H28N2OS. The summed E-state index contributed by atoms with van der Waals surface area (Å²) in [5, 5.41) is 3.21. The van der Waals surface area contributed by atoms with Gasteiger partial charge in [-0.25, -0.2) is 4.98 Å². The van der Waals surface area contributed by atoms with E-state index in [-0.39, 0.29) is 0 Å². The first kappa shape index (κ1) is 27.3. The van der Waals surface area contributed by atoms with Crippen molar-refractivity contribution in [2.75, 3.05) is 4.90 Å². The summed E-state index contributed by atoms with van der Waals surface area (Å²) in [7, 11) is 0. The van der Waals surface area contributed by atoms with Gasteiger partial charge in [-0.2, -0.15) is 0 Å². The van der Waals surface area contributed by atoms with Gasteiger partial charge in [0.2, 0.25) is 0 Å². The molecule has 0 N–H and O–H groups in total. The van der Waals surface area contributed by atoms with Crippen LogP contribution in [0.5, 0.6) is 0 Å². The van der Waals surface area contributed by atoms with Gasteiger partial charge in [0, 0.05) is 33.4 Å². The number of benzene rings is 7. The number of thiazole rings is 1. The number of hydrogen-bond donors (Lipinski definition) is 0. The van der Waals surface area contributed by atoms with Crippen molar-refractivity contribution in [2.24, 2.45) is 0 Å². The second kappa shape index (κ2) is 11.4. The minimum atomic E-state index is 0.867. The van der Waals surface area contributed by atoms with E-state index in [1.54, 1.807) is 11.3 Å². The smallest absolute Gasteiger partial charge is 0.137 e. The summed E-state index contributed by atoms with van der Waals surface area (Å²) in [6.45, 7) is 0. The molecule has 0 saturated carbocycles. The molecule has 0 aliphatic heterocycles. The first-order valence-corrected chi connectivity index (χ1v) is 16.5. The molecule has 0 fully saturated rings. The van der Waals surface area contributed by atoms with Crippen LogP contribution in [0.4, 0.5) is 17.1 Å². The lowest BCUT2D eigenvalue weighted by atomic mass is 9.94. The predicted octanol–water partition coefficient (Wildman–Crippen LogP) is 12.7. The highest BCUT2D eigenvalue weighted by atomic mass is 32.1. The van der Waals surface area contributed by atoms with E-state index in [1.807, 2.05) is 12.1 Å². The van der Waals surface area contributed by atoms with Crippen LogP contribution in [0.15, 0.2) is 174 Å².